The highest BCUT2D eigenvalue weighted by Gasteiger charge is 2.08. The first kappa shape index (κ1) is 15.7. The van der Waals surface area contributed by atoms with Gasteiger partial charge < -0.3 is 15.1 Å². The lowest BCUT2D eigenvalue weighted by Gasteiger charge is -2.06. The van der Waals surface area contributed by atoms with Gasteiger partial charge in [-0.15, -0.1) is 0 Å². The van der Waals surface area contributed by atoms with Crippen LogP contribution in [0.5, 0.6) is 0 Å². The number of rotatable bonds is 6. The van der Waals surface area contributed by atoms with Gasteiger partial charge in [-0.1, -0.05) is 18.2 Å². The Kier molecular flexibility index (Phi) is 4.86. The molecule has 0 aliphatic rings. The minimum Gasteiger partial charge on any atom is -0.467 e. The predicted octanol–water partition coefficient (Wildman–Crippen LogP) is 2.86. The zero-order valence-corrected chi connectivity index (χ0v) is 13.0. The Hall–Kier alpha value is -3.15. The third kappa shape index (κ3) is 4.19. The lowest BCUT2D eigenvalue weighted by molar-refractivity contribution is -0.124. The topological polar surface area (TPSA) is 84.2 Å². The fourth-order valence-corrected chi connectivity index (χ4v) is 2.28. The van der Waals surface area contributed by atoms with E-state index < -0.39 is 0 Å². The van der Waals surface area contributed by atoms with Gasteiger partial charge in [0.1, 0.15) is 5.76 Å². The summed E-state index contributed by atoms with van der Waals surface area (Å²) in [4.78, 5) is 28.0. The van der Waals surface area contributed by atoms with Crippen LogP contribution < -0.4 is 10.6 Å². The third-order valence-electron chi connectivity index (χ3n) is 3.49. The van der Waals surface area contributed by atoms with E-state index in [9.17, 15) is 9.59 Å². The van der Waals surface area contributed by atoms with Gasteiger partial charge in [-0.25, -0.2) is 0 Å². The molecule has 0 fully saturated rings. The van der Waals surface area contributed by atoms with Gasteiger partial charge in [0, 0.05) is 18.2 Å². The van der Waals surface area contributed by atoms with Crippen LogP contribution in [0, 0.1) is 0 Å². The first-order valence-corrected chi connectivity index (χ1v) is 7.64. The molecule has 1 aromatic carbocycles. The number of carbonyl (C=O) groups excluding carboxylic acids is 2. The molecule has 0 atom stereocenters. The molecule has 0 bridgehead atoms. The van der Waals surface area contributed by atoms with Crippen molar-refractivity contribution in [2.45, 2.75) is 19.4 Å². The van der Waals surface area contributed by atoms with Gasteiger partial charge in [0.25, 0.3) is 0 Å². The number of benzene rings is 1. The van der Waals surface area contributed by atoms with Crippen LogP contribution in [-0.2, 0) is 16.1 Å². The number of furan rings is 1. The maximum absolute atomic E-state index is 11.9. The summed E-state index contributed by atoms with van der Waals surface area (Å²) in [6.07, 6.45) is 3.38. The average Bonchev–Trinajstić information content (AvgIpc) is 3.11. The van der Waals surface area contributed by atoms with Crippen LogP contribution in [0.15, 0.2) is 59.3 Å². The summed E-state index contributed by atoms with van der Waals surface area (Å²) in [5.41, 5.74) is 1.49. The number of para-hydroxylation sites is 1. The summed E-state index contributed by atoms with van der Waals surface area (Å²) >= 11 is 0. The number of amides is 2. The average molecular weight is 323 g/mol. The fourth-order valence-electron chi connectivity index (χ4n) is 2.28. The Labute approximate surface area is 138 Å². The summed E-state index contributed by atoms with van der Waals surface area (Å²) in [6.45, 7) is 0.321. The van der Waals surface area contributed by atoms with Gasteiger partial charge in [-0.3, -0.25) is 14.6 Å². The van der Waals surface area contributed by atoms with E-state index in [1.54, 1.807) is 24.6 Å². The number of fused-ring (bicyclic) bond motifs is 1. The normalized spacial score (nSPS) is 10.5. The van der Waals surface area contributed by atoms with E-state index in [0.29, 0.717) is 18.0 Å². The van der Waals surface area contributed by atoms with Crippen LogP contribution in [-0.4, -0.2) is 16.8 Å². The molecule has 0 aliphatic heterocycles. The van der Waals surface area contributed by atoms with Crippen LogP contribution in [0.3, 0.4) is 0 Å². The molecule has 2 N–H and O–H groups in total. The van der Waals surface area contributed by atoms with Crippen LogP contribution in [0.25, 0.3) is 10.9 Å². The highest BCUT2D eigenvalue weighted by atomic mass is 16.3. The molecule has 2 heterocycles. The van der Waals surface area contributed by atoms with Crippen LogP contribution in [0.4, 0.5) is 5.69 Å². The van der Waals surface area contributed by atoms with Crippen molar-refractivity contribution in [3.05, 3.63) is 60.7 Å². The molecule has 0 unspecified atom stereocenters. The molecule has 0 radical (unpaired) electrons. The smallest absolute Gasteiger partial charge is 0.224 e. The van der Waals surface area contributed by atoms with Gasteiger partial charge in [0.2, 0.25) is 11.8 Å². The summed E-state index contributed by atoms with van der Waals surface area (Å²) in [5, 5.41) is 6.41. The van der Waals surface area contributed by atoms with Crippen LogP contribution in [0.2, 0.25) is 0 Å². The Balaban J connectivity index is 1.46. The molecule has 6 nitrogen and oxygen atoms in total. The van der Waals surface area contributed by atoms with E-state index in [2.05, 4.69) is 15.6 Å². The molecule has 6 heteroatoms. The molecule has 0 saturated carbocycles. The first-order valence-electron chi connectivity index (χ1n) is 7.64. The second-order valence-corrected chi connectivity index (χ2v) is 5.32. The van der Waals surface area contributed by atoms with E-state index in [-0.39, 0.29) is 24.7 Å². The molecule has 3 aromatic rings. The van der Waals surface area contributed by atoms with Crippen molar-refractivity contribution in [3.8, 4) is 0 Å². The van der Waals surface area contributed by atoms with Crippen molar-refractivity contribution < 1.29 is 14.0 Å². The first-order chi connectivity index (χ1) is 11.7. The standard InChI is InChI=1S/C18H17N3O3/c22-17(20-12-15-5-3-9-24-15)7-8-18(23)21-14-10-13-4-1-2-6-16(13)19-11-14/h1-6,9-11H,7-8,12H2,(H,20,22)(H,21,23). The van der Waals surface area contributed by atoms with Crippen LogP contribution in [0.1, 0.15) is 18.6 Å². The van der Waals surface area contributed by atoms with Crippen molar-refractivity contribution in [2.75, 3.05) is 5.32 Å². The van der Waals surface area contributed by atoms with Crippen molar-refractivity contribution >= 4 is 28.4 Å². The summed E-state index contributed by atoms with van der Waals surface area (Å²) in [5.74, 6) is 0.258. The Bertz CT molecular complexity index is 844. The SMILES string of the molecule is O=C(CCC(=O)Nc1cnc2ccccc2c1)NCc1ccco1. The zero-order valence-electron chi connectivity index (χ0n) is 13.0. The van der Waals surface area contributed by atoms with E-state index >= 15 is 0 Å². The number of pyridine rings is 1. The minimum absolute atomic E-state index is 0.108. The lowest BCUT2D eigenvalue weighted by atomic mass is 10.2. The lowest BCUT2D eigenvalue weighted by Crippen LogP contribution is -2.24. The van der Waals surface area contributed by atoms with E-state index in [1.807, 2.05) is 30.3 Å². The van der Waals surface area contributed by atoms with E-state index in [0.717, 1.165) is 10.9 Å². The van der Waals surface area contributed by atoms with Gasteiger partial charge in [0.05, 0.1) is 30.2 Å². The molecule has 0 aliphatic carbocycles. The highest BCUT2D eigenvalue weighted by molar-refractivity contribution is 5.94. The minimum atomic E-state index is -0.222. The predicted molar refractivity (Wildman–Crippen MR) is 90.2 cm³/mol. The number of hydrogen-bond donors (Lipinski definition) is 2. The second kappa shape index (κ2) is 7.41. The Morgan fingerprint density at radius 2 is 1.88 bits per heavy atom. The Morgan fingerprint density at radius 3 is 2.71 bits per heavy atom. The number of aromatic nitrogens is 1. The number of nitrogens with one attached hydrogen (secondary N) is 2. The van der Waals surface area contributed by atoms with Gasteiger partial charge in [-0.2, -0.15) is 0 Å². The molecule has 2 aromatic heterocycles. The van der Waals surface area contributed by atoms with Crippen molar-refractivity contribution in [3.63, 3.8) is 0 Å². The second-order valence-electron chi connectivity index (χ2n) is 5.32. The molecular formula is C18H17N3O3. The van der Waals surface area contributed by atoms with Crippen molar-refractivity contribution in [1.82, 2.24) is 10.3 Å². The van der Waals surface area contributed by atoms with Gasteiger partial charge in [0.15, 0.2) is 0 Å². The van der Waals surface area contributed by atoms with Gasteiger partial charge in [-0.05, 0) is 24.3 Å². The number of anilines is 1. The van der Waals surface area contributed by atoms with Crippen molar-refractivity contribution in [1.29, 1.82) is 0 Å². The Morgan fingerprint density at radius 1 is 1.04 bits per heavy atom. The zero-order chi connectivity index (χ0) is 16.8. The maximum Gasteiger partial charge on any atom is 0.224 e. The third-order valence-corrected chi connectivity index (χ3v) is 3.49. The summed E-state index contributed by atoms with van der Waals surface area (Å²) < 4.78 is 5.12. The van der Waals surface area contributed by atoms with E-state index in [1.165, 1.54) is 0 Å². The summed E-state index contributed by atoms with van der Waals surface area (Å²) in [7, 11) is 0. The molecule has 122 valence electrons. The monoisotopic (exact) mass is 323 g/mol. The summed E-state index contributed by atoms with van der Waals surface area (Å²) in [6, 6.07) is 13.1. The quantitative estimate of drug-likeness (QED) is 0.730. The molecule has 0 saturated heterocycles. The molecule has 0 spiro atoms. The number of hydrogen-bond acceptors (Lipinski definition) is 4. The van der Waals surface area contributed by atoms with Gasteiger partial charge >= 0.3 is 0 Å². The molecular weight excluding hydrogens is 306 g/mol. The maximum atomic E-state index is 11.9. The number of carbonyl (C=O) groups is 2. The highest BCUT2D eigenvalue weighted by Crippen LogP contribution is 2.16. The molecule has 2 amide bonds. The molecule has 3 rings (SSSR count). The largest absolute Gasteiger partial charge is 0.467 e. The molecule has 24 heavy (non-hydrogen) atoms. The van der Waals surface area contributed by atoms with Crippen LogP contribution >= 0.6 is 0 Å². The van der Waals surface area contributed by atoms with E-state index in [4.69, 9.17) is 4.42 Å². The van der Waals surface area contributed by atoms with Crippen molar-refractivity contribution in [2.24, 2.45) is 0 Å². The fraction of sp³-hybridized carbons (Fsp3) is 0.167. The number of nitrogens with zero attached hydrogens (tertiary/aromatic N) is 1.